The first kappa shape index (κ1) is 31.9. The zero-order chi connectivity index (χ0) is 30.7. The van der Waals surface area contributed by atoms with E-state index in [4.69, 9.17) is 9.47 Å². The number of nitrogens with zero attached hydrogens (tertiary/aromatic N) is 1. The molecule has 11 heteroatoms. The van der Waals surface area contributed by atoms with Gasteiger partial charge < -0.3 is 25.0 Å². The summed E-state index contributed by atoms with van der Waals surface area (Å²) in [5.74, 6) is 0.990. The molecule has 0 radical (unpaired) electrons. The van der Waals surface area contributed by atoms with Crippen molar-refractivity contribution in [2.45, 2.75) is 38.3 Å². The second kappa shape index (κ2) is 15.4. The van der Waals surface area contributed by atoms with Crippen LogP contribution in [0.5, 0.6) is 17.2 Å². The second-order valence-electron chi connectivity index (χ2n) is 10.2. The minimum absolute atomic E-state index is 0.0990. The molecule has 0 aliphatic rings. The lowest BCUT2D eigenvalue weighted by Crippen LogP contribution is -2.41. The highest BCUT2D eigenvalue weighted by Gasteiger charge is 2.17. The maximum atomic E-state index is 12.5. The molecule has 0 aliphatic carbocycles. The number of aliphatic hydroxyl groups is 2. The average molecular weight is 608 g/mol. The maximum absolute atomic E-state index is 12.5. The van der Waals surface area contributed by atoms with E-state index < -0.39 is 22.0 Å². The van der Waals surface area contributed by atoms with Crippen LogP contribution in [-0.4, -0.2) is 67.2 Å². The lowest BCUT2D eigenvalue weighted by Gasteiger charge is -2.19. The molecule has 2 atom stereocenters. The monoisotopic (exact) mass is 607 g/mol. The van der Waals surface area contributed by atoms with E-state index in [0.717, 1.165) is 5.56 Å². The molecular formula is C32H37N3O7S. The van der Waals surface area contributed by atoms with Gasteiger partial charge in [0.1, 0.15) is 30.0 Å². The van der Waals surface area contributed by atoms with Gasteiger partial charge in [0.25, 0.3) is 5.91 Å². The molecule has 4 rings (SSSR count). The van der Waals surface area contributed by atoms with Crippen LogP contribution in [0.1, 0.15) is 35.7 Å². The van der Waals surface area contributed by atoms with E-state index >= 15 is 0 Å². The predicted molar refractivity (Wildman–Crippen MR) is 165 cm³/mol. The number of hydrogen-bond acceptors (Lipinski definition) is 9. The lowest BCUT2D eigenvalue weighted by molar-refractivity contribution is 0.0981. The fourth-order valence-corrected chi connectivity index (χ4v) is 5.49. The number of fused-ring (bicyclic) bond motifs is 1. The molecular weight excluding hydrogens is 570 g/mol. The molecule has 0 saturated heterocycles. The number of carbonyl (C=O) groups is 1. The summed E-state index contributed by atoms with van der Waals surface area (Å²) < 4.78 is 38.0. The van der Waals surface area contributed by atoms with Crippen molar-refractivity contribution in [1.82, 2.24) is 15.0 Å². The van der Waals surface area contributed by atoms with Crippen molar-refractivity contribution in [3.8, 4) is 17.2 Å². The summed E-state index contributed by atoms with van der Waals surface area (Å²) in [6.45, 7) is 2.19. The number of aromatic nitrogens is 1. The third kappa shape index (κ3) is 9.75. The summed E-state index contributed by atoms with van der Waals surface area (Å²) in [6.07, 6.45) is 2.54. The van der Waals surface area contributed by atoms with Gasteiger partial charge in [-0.15, -0.1) is 0 Å². The number of ether oxygens (including phenoxy) is 2. The van der Waals surface area contributed by atoms with E-state index in [9.17, 15) is 23.4 Å². The van der Waals surface area contributed by atoms with Gasteiger partial charge >= 0.3 is 0 Å². The highest BCUT2D eigenvalue weighted by molar-refractivity contribution is 7.90. The smallest absolute Gasteiger partial charge is 0.264 e. The molecule has 4 N–H and O–H groups in total. The Hall–Kier alpha value is -4.03. The van der Waals surface area contributed by atoms with Crippen molar-refractivity contribution in [2.24, 2.45) is 0 Å². The number of nitrogens with one attached hydrogen (secondary N) is 2. The first-order chi connectivity index (χ1) is 20.8. The summed E-state index contributed by atoms with van der Waals surface area (Å²) in [4.78, 5) is 16.9. The van der Waals surface area contributed by atoms with Gasteiger partial charge in [-0.2, -0.15) is 0 Å². The van der Waals surface area contributed by atoms with Gasteiger partial charge in [0, 0.05) is 29.7 Å². The second-order valence-corrected chi connectivity index (χ2v) is 12.0. The molecule has 1 heterocycles. The number of aliphatic hydroxyl groups excluding tert-OH is 2. The van der Waals surface area contributed by atoms with Gasteiger partial charge in [-0.3, -0.25) is 9.78 Å². The predicted octanol–water partition coefficient (Wildman–Crippen LogP) is 3.82. The minimum atomic E-state index is -3.70. The topological polar surface area (TPSA) is 147 Å². The molecule has 43 heavy (non-hydrogen) atoms. The Balaban J connectivity index is 1.32. The van der Waals surface area contributed by atoms with Crippen LogP contribution in [0.25, 0.3) is 10.9 Å². The number of amides is 1. The minimum Gasteiger partial charge on any atom is -0.491 e. The molecule has 0 saturated carbocycles. The highest BCUT2D eigenvalue weighted by Crippen LogP contribution is 2.29. The number of hydrogen-bond donors (Lipinski definition) is 4. The molecule has 0 unspecified atom stereocenters. The lowest BCUT2D eigenvalue weighted by atomic mass is 10.1. The van der Waals surface area contributed by atoms with Crippen LogP contribution in [0.3, 0.4) is 0 Å². The number of para-hydroxylation sites is 1. The number of pyridine rings is 1. The summed E-state index contributed by atoms with van der Waals surface area (Å²) >= 11 is 0. The Kier molecular flexibility index (Phi) is 11.5. The number of unbranched alkanes of at least 4 members (excludes halogenated alkanes) is 1. The third-order valence-corrected chi connectivity index (χ3v) is 7.98. The van der Waals surface area contributed by atoms with Crippen molar-refractivity contribution >= 4 is 26.8 Å². The first-order valence-electron chi connectivity index (χ1n) is 14.2. The van der Waals surface area contributed by atoms with Crippen molar-refractivity contribution in [1.29, 1.82) is 0 Å². The van der Waals surface area contributed by atoms with E-state index in [0.29, 0.717) is 47.4 Å². The molecule has 4 aromatic rings. The summed E-state index contributed by atoms with van der Waals surface area (Å²) in [5, 5.41) is 23.9. The van der Waals surface area contributed by atoms with Gasteiger partial charge in [-0.05, 0) is 66.9 Å². The Morgan fingerprint density at radius 3 is 2.49 bits per heavy atom. The highest BCUT2D eigenvalue weighted by atomic mass is 32.2. The molecule has 0 fully saturated rings. The van der Waals surface area contributed by atoms with Gasteiger partial charge in [0.2, 0.25) is 10.0 Å². The quantitative estimate of drug-likeness (QED) is 0.149. The Bertz CT molecular complexity index is 1580. The van der Waals surface area contributed by atoms with Crippen LogP contribution < -0.4 is 19.5 Å². The SMILES string of the molecule is CCCCS(=O)(=O)NC(=O)c1ccc2c(Oc3ccc(C[C@@H](CO)NC[C@H](O)COc4ccccc4)cc3)ccnc2c1. The standard InChI is InChI=1S/C32H37N3O7S/c1-2-3-17-43(39,40)35-32(38)24-11-14-29-30(19-24)33-16-15-31(29)42-28-12-9-23(10-13-28)18-25(21-36)34-20-26(37)22-41-27-7-5-4-6-8-27/h4-16,19,25-26,34,36-37H,2-3,17-18,20-22H2,1H3,(H,35,38)/t25-,26-/m0/s1. The van der Waals surface area contributed by atoms with Crippen LogP contribution in [-0.2, 0) is 16.4 Å². The van der Waals surface area contributed by atoms with Gasteiger partial charge in [-0.1, -0.05) is 43.7 Å². The average Bonchev–Trinajstić information content (AvgIpc) is 3.02. The molecule has 0 spiro atoms. The van der Waals surface area contributed by atoms with E-state index in [1.807, 2.05) is 61.5 Å². The van der Waals surface area contributed by atoms with Crippen LogP contribution in [0.2, 0.25) is 0 Å². The Labute approximate surface area is 251 Å². The number of carbonyl (C=O) groups excluding carboxylic acids is 1. The third-order valence-electron chi connectivity index (χ3n) is 6.66. The van der Waals surface area contributed by atoms with Crippen molar-refractivity contribution in [2.75, 3.05) is 25.5 Å². The number of rotatable bonds is 16. The summed E-state index contributed by atoms with van der Waals surface area (Å²) in [6, 6.07) is 22.9. The van der Waals surface area contributed by atoms with Gasteiger partial charge in [0.15, 0.2) is 0 Å². The molecule has 0 aliphatic heterocycles. The molecule has 3 aromatic carbocycles. The Morgan fingerprint density at radius 1 is 1.00 bits per heavy atom. The molecule has 1 amide bonds. The van der Waals surface area contributed by atoms with Crippen molar-refractivity contribution in [3.05, 3.63) is 96.2 Å². The largest absolute Gasteiger partial charge is 0.491 e. The van der Waals surface area contributed by atoms with Crippen LogP contribution in [0.15, 0.2) is 85.1 Å². The first-order valence-corrected chi connectivity index (χ1v) is 15.8. The summed E-state index contributed by atoms with van der Waals surface area (Å²) in [5.41, 5.74) is 1.64. The normalized spacial score (nSPS) is 12.9. The fraction of sp³-hybridized carbons (Fsp3) is 0.312. The maximum Gasteiger partial charge on any atom is 0.264 e. The van der Waals surface area contributed by atoms with Crippen LogP contribution in [0, 0.1) is 0 Å². The van der Waals surface area contributed by atoms with E-state index in [-0.39, 0.29) is 37.1 Å². The van der Waals surface area contributed by atoms with Gasteiger partial charge in [-0.25, -0.2) is 13.1 Å². The van der Waals surface area contributed by atoms with Crippen LogP contribution >= 0.6 is 0 Å². The van der Waals surface area contributed by atoms with E-state index in [1.165, 1.54) is 12.1 Å². The zero-order valence-corrected chi connectivity index (χ0v) is 24.8. The molecule has 10 nitrogen and oxygen atoms in total. The molecule has 228 valence electrons. The summed E-state index contributed by atoms with van der Waals surface area (Å²) in [7, 11) is -3.70. The number of benzene rings is 3. The van der Waals surface area contributed by atoms with Crippen molar-refractivity contribution < 1.29 is 32.9 Å². The van der Waals surface area contributed by atoms with E-state index in [1.54, 1.807) is 18.3 Å². The molecule has 1 aromatic heterocycles. The fourth-order valence-electron chi connectivity index (χ4n) is 4.31. The number of sulfonamides is 1. The Morgan fingerprint density at radius 2 is 1.77 bits per heavy atom. The van der Waals surface area contributed by atoms with Gasteiger partial charge in [0.05, 0.1) is 17.9 Å². The molecule has 0 bridgehead atoms. The van der Waals surface area contributed by atoms with Crippen molar-refractivity contribution in [3.63, 3.8) is 0 Å². The zero-order valence-electron chi connectivity index (χ0n) is 24.0. The van der Waals surface area contributed by atoms with E-state index in [2.05, 4.69) is 15.0 Å². The van der Waals surface area contributed by atoms with Crippen LogP contribution in [0.4, 0.5) is 0 Å².